The molecular weight excluding hydrogens is 375 g/mol. The van der Waals surface area contributed by atoms with Crippen LogP contribution in [0.5, 0.6) is 5.75 Å². The number of halogens is 2. The van der Waals surface area contributed by atoms with E-state index in [9.17, 15) is 0 Å². The Labute approximate surface area is 169 Å². The largest absolute Gasteiger partial charge is 0.478 e. The lowest BCUT2D eigenvalue weighted by molar-refractivity contribution is 0.102. The SMILES string of the molecule is Cc1ccccc1[C@H]1c2ccccc2O[C@]2(c3ccccc3)C(Cl)(Cl)[C@@]12C. The Hall–Kier alpha value is -1.96. The average Bonchev–Trinajstić information content (AvgIpc) is 3.09. The maximum atomic E-state index is 7.07. The van der Waals surface area contributed by atoms with Crippen molar-refractivity contribution in [3.8, 4) is 5.75 Å². The average molecular weight is 395 g/mol. The quantitative estimate of drug-likeness (QED) is 0.444. The van der Waals surface area contributed by atoms with Crippen molar-refractivity contribution in [2.24, 2.45) is 5.41 Å². The van der Waals surface area contributed by atoms with E-state index in [2.05, 4.69) is 62.4 Å². The van der Waals surface area contributed by atoms with Crippen molar-refractivity contribution in [2.45, 2.75) is 29.7 Å². The number of fused-ring (bicyclic) bond motifs is 2. The van der Waals surface area contributed by atoms with Crippen LogP contribution in [0.2, 0.25) is 0 Å². The molecule has 0 radical (unpaired) electrons. The molecular formula is C24H20Cl2O. The summed E-state index contributed by atoms with van der Waals surface area (Å²) in [6.07, 6.45) is 0. The van der Waals surface area contributed by atoms with Crippen LogP contribution >= 0.6 is 23.2 Å². The zero-order valence-electron chi connectivity index (χ0n) is 15.2. The first-order chi connectivity index (χ1) is 12.9. The van der Waals surface area contributed by atoms with E-state index in [1.165, 1.54) is 11.1 Å². The van der Waals surface area contributed by atoms with Gasteiger partial charge < -0.3 is 4.74 Å². The minimum Gasteiger partial charge on any atom is -0.478 e. The van der Waals surface area contributed by atoms with Gasteiger partial charge in [-0.15, -0.1) is 0 Å². The minimum absolute atomic E-state index is 0.0406. The second-order valence-corrected chi connectivity index (χ2v) is 9.08. The molecule has 0 saturated heterocycles. The standard InChI is InChI=1S/C24H20Cl2O/c1-16-10-6-7-13-18(16)21-19-14-8-9-15-20(19)27-23(17-11-4-3-5-12-17)22(21,2)24(23,25)26/h3-15,21H,1-2H3/t21-,22-,23-/m0/s1. The molecule has 1 heterocycles. The third-order valence-electron chi connectivity index (χ3n) is 6.51. The van der Waals surface area contributed by atoms with Gasteiger partial charge in [0, 0.05) is 11.5 Å². The van der Waals surface area contributed by atoms with Gasteiger partial charge in [0.2, 0.25) is 0 Å². The van der Waals surface area contributed by atoms with E-state index >= 15 is 0 Å². The molecule has 0 spiro atoms. The summed E-state index contributed by atoms with van der Waals surface area (Å²) in [5.74, 6) is 0.897. The fourth-order valence-electron chi connectivity index (χ4n) is 5.06. The first kappa shape index (κ1) is 17.2. The van der Waals surface area contributed by atoms with Gasteiger partial charge in [0.25, 0.3) is 0 Å². The maximum absolute atomic E-state index is 7.07. The number of alkyl halides is 2. The second-order valence-electron chi connectivity index (χ2n) is 7.75. The summed E-state index contributed by atoms with van der Waals surface area (Å²) in [5, 5.41) is 0. The monoisotopic (exact) mass is 394 g/mol. The summed E-state index contributed by atoms with van der Waals surface area (Å²) in [6.45, 7) is 4.31. The van der Waals surface area contributed by atoms with Gasteiger partial charge in [-0.3, -0.25) is 0 Å². The second kappa shape index (κ2) is 5.53. The molecule has 0 N–H and O–H groups in total. The fourth-order valence-corrected chi connectivity index (χ4v) is 6.14. The van der Waals surface area contributed by atoms with Crippen LogP contribution in [0, 0.1) is 12.3 Å². The number of benzene rings is 3. The lowest BCUT2D eigenvalue weighted by Gasteiger charge is -2.37. The molecule has 3 aromatic carbocycles. The summed E-state index contributed by atoms with van der Waals surface area (Å²) >= 11 is 14.1. The van der Waals surface area contributed by atoms with Gasteiger partial charge in [0.15, 0.2) is 9.93 Å². The number of ether oxygens (including phenoxy) is 1. The molecule has 3 atom stereocenters. The Kier molecular flexibility index (Phi) is 3.51. The molecule has 5 rings (SSSR count). The molecule has 0 amide bonds. The van der Waals surface area contributed by atoms with Crippen LogP contribution in [0.4, 0.5) is 0 Å². The summed E-state index contributed by atoms with van der Waals surface area (Å²) in [4.78, 5) is 0. The minimum atomic E-state index is -1.05. The van der Waals surface area contributed by atoms with Crippen LogP contribution in [0.1, 0.15) is 35.1 Å². The Balaban J connectivity index is 1.82. The Morgan fingerprint density at radius 3 is 2.07 bits per heavy atom. The maximum Gasteiger partial charge on any atom is 0.177 e. The summed E-state index contributed by atoms with van der Waals surface area (Å²) in [7, 11) is 0. The van der Waals surface area contributed by atoms with E-state index in [1.54, 1.807) is 0 Å². The Morgan fingerprint density at radius 1 is 0.778 bits per heavy atom. The molecule has 136 valence electrons. The highest BCUT2D eigenvalue weighted by Crippen LogP contribution is 2.85. The molecule has 1 nitrogen and oxygen atoms in total. The van der Waals surface area contributed by atoms with E-state index in [0.29, 0.717) is 0 Å². The summed E-state index contributed by atoms with van der Waals surface area (Å²) < 4.78 is 5.58. The van der Waals surface area contributed by atoms with Crippen LogP contribution in [0.25, 0.3) is 0 Å². The lowest BCUT2D eigenvalue weighted by atomic mass is 9.73. The highest BCUT2D eigenvalue weighted by atomic mass is 35.5. The smallest absolute Gasteiger partial charge is 0.177 e. The third-order valence-corrected chi connectivity index (χ3v) is 7.83. The van der Waals surface area contributed by atoms with E-state index in [0.717, 1.165) is 16.9 Å². The number of rotatable bonds is 2. The molecule has 0 bridgehead atoms. The van der Waals surface area contributed by atoms with Crippen LogP contribution < -0.4 is 4.74 Å². The molecule has 0 aromatic heterocycles. The van der Waals surface area contributed by atoms with E-state index in [-0.39, 0.29) is 5.92 Å². The van der Waals surface area contributed by atoms with Crippen LogP contribution in [-0.4, -0.2) is 4.33 Å². The van der Waals surface area contributed by atoms with E-state index < -0.39 is 15.3 Å². The van der Waals surface area contributed by atoms with Gasteiger partial charge in [-0.05, 0) is 29.7 Å². The Morgan fingerprint density at radius 2 is 1.37 bits per heavy atom. The zero-order chi connectivity index (χ0) is 18.9. The van der Waals surface area contributed by atoms with Crippen LogP contribution in [0.15, 0.2) is 78.9 Å². The van der Waals surface area contributed by atoms with Crippen molar-refractivity contribution in [1.29, 1.82) is 0 Å². The molecule has 2 aliphatic rings. The van der Waals surface area contributed by atoms with Crippen molar-refractivity contribution in [3.63, 3.8) is 0 Å². The molecule has 3 aromatic rings. The number of para-hydroxylation sites is 1. The van der Waals surface area contributed by atoms with Gasteiger partial charge in [-0.2, -0.15) is 0 Å². The lowest BCUT2D eigenvalue weighted by Crippen LogP contribution is -2.33. The summed E-state index contributed by atoms with van der Waals surface area (Å²) in [6, 6.07) is 26.8. The van der Waals surface area contributed by atoms with Gasteiger partial charge in [-0.1, -0.05) is 103 Å². The fraction of sp³-hybridized carbons (Fsp3) is 0.250. The first-order valence-corrected chi connectivity index (χ1v) is 9.97. The number of hydrogen-bond donors (Lipinski definition) is 0. The zero-order valence-corrected chi connectivity index (χ0v) is 16.8. The Bertz CT molecular complexity index is 1030. The molecule has 1 aliphatic carbocycles. The summed E-state index contributed by atoms with van der Waals surface area (Å²) in [5.41, 5.74) is 3.36. The van der Waals surface area contributed by atoms with Crippen molar-refractivity contribution >= 4 is 23.2 Å². The molecule has 1 saturated carbocycles. The normalized spacial score (nSPS) is 30.0. The highest BCUT2D eigenvalue weighted by Gasteiger charge is 2.91. The van der Waals surface area contributed by atoms with Crippen molar-refractivity contribution < 1.29 is 4.74 Å². The van der Waals surface area contributed by atoms with Crippen LogP contribution in [0.3, 0.4) is 0 Å². The molecule has 0 unspecified atom stereocenters. The van der Waals surface area contributed by atoms with E-state index in [1.807, 2.05) is 30.3 Å². The van der Waals surface area contributed by atoms with Gasteiger partial charge >= 0.3 is 0 Å². The molecule has 27 heavy (non-hydrogen) atoms. The van der Waals surface area contributed by atoms with Gasteiger partial charge in [-0.25, -0.2) is 0 Å². The first-order valence-electron chi connectivity index (χ1n) is 9.22. The third kappa shape index (κ3) is 1.92. The van der Waals surface area contributed by atoms with Crippen LogP contribution in [-0.2, 0) is 5.60 Å². The molecule has 1 aliphatic heterocycles. The number of aryl methyl sites for hydroxylation is 1. The van der Waals surface area contributed by atoms with Crippen molar-refractivity contribution in [1.82, 2.24) is 0 Å². The highest BCUT2D eigenvalue weighted by molar-refractivity contribution is 6.53. The topological polar surface area (TPSA) is 9.23 Å². The van der Waals surface area contributed by atoms with Crippen molar-refractivity contribution in [3.05, 3.63) is 101 Å². The van der Waals surface area contributed by atoms with Gasteiger partial charge in [0.1, 0.15) is 5.75 Å². The van der Waals surface area contributed by atoms with Crippen molar-refractivity contribution in [2.75, 3.05) is 0 Å². The molecule has 1 fully saturated rings. The molecule has 3 heteroatoms. The number of hydrogen-bond acceptors (Lipinski definition) is 1. The predicted octanol–water partition coefficient (Wildman–Crippen LogP) is 6.61. The predicted molar refractivity (Wildman–Crippen MR) is 111 cm³/mol. The van der Waals surface area contributed by atoms with Gasteiger partial charge in [0.05, 0.1) is 5.41 Å². The van der Waals surface area contributed by atoms with E-state index in [4.69, 9.17) is 27.9 Å².